The number of benzene rings is 3. The molecule has 0 fully saturated rings. The highest BCUT2D eigenvalue weighted by Gasteiger charge is 2.25. The van der Waals surface area contributed by atoms with E-state index in [0.29, 0.717) is 17.7 Å². The lowest BCUT2D eigenvalue weighted by molar-refractivity contribution is 0.0938. The zero-order valence-corrected chi connectivity index (χ0v) is 19.7. The molecule has 0 aliphatic rings. The van der Waals surface area contributed by atoms with Crippen LogP contribution in [0.2, 0.25) is 0 Å². The Bertz CT molecular complexity index is 1630. The van der Waals surface area contributed by atoms with Gasteiger partial charge in [0.25, 0.3) is 5.91 Å². The number of rotatable bonds is 5. The summed E-state index contributed by atoms with van der Waals surface area (Å²) >= 11 is 0. The van der Waals surface area contributed by atoms with Gasteiger partial charge in [0.05, 0.1) is 11.6 Å². The molecule has 8 heteroatoms. The highest BCUT2D eigenvalue weighted by molar-refractivity contribution is 6.05. The summed E-state index contributed by atoms with van der Waals surface area (Å²) in [6.45, 7) is 0.319. The monoisotopic (exact) mass is 482 g/mol. The van der Waals surface area contributed by atoms with Crippen LogP contribution in [-0.4, -0.2) is 39.5 Å². The van der Waals surface area contributed by atoms with E-state index in [-0.39, 0.29) is 17.0 Å². The lowest BCUT2D eigenvalue weighted by atomic mass is 10.0. The lowest BCUT2D eigenvalue weighted by Crippen LogP contribution is -2.30. The fourth-order valence-corrected chi connectivity index (χ4v) is 4.24. The highest BCUT2D eigenvalue weighted by atomic mass is 19.1. The number of aromatic hydroxyl groups is 1. The van der Waals surface area contributed by atoms with Gasteiger partial charge in [0.1, 0.15) is 18.2 Å². The van der Waals surface area contributed by atoms with E-state index in [9.17, 15) is 14.3 Å². The van der Waals surface area contributed by atoms with Crippen molar-refractivity contribution in [2.75, 3.05) is 13.7 Å². The van der Waals surface area contributed by atoms with Crippen molar-refractivity contribution < 1.29 is 19.0 Å². The molecule has 0 saturated carbocycles. The molecule has 180 valence electrons. The SMILES string of the molecule is COCC#Cc1ccc2c(C(=O)NC(c3cc4ccccc4[nH]3)c3cc(F)ccc3O)nn(C)c2c1. The molecule has 7 nitrogen and oxygen atoms in total. The number of methoxy groups -OCH3 is 1. The fraction of sp³-hybridized carbons (Fsp3) is 0.143. The second-order valence-corrected chi connectivity index (χ2v) is 8.36. The summed E-state index contributed by atoms with van der Waals surface area (Å²) in [6.07, 6.45) is 0. The van der Waals surface area contributed by atoms with E-state index in [2.05, 4.69) is 27.2 Å². The van der Waals surface area contributed by atoms with Crippen molar-refractivity contribution in [1.82, 2.24) is 20.1 Å². The summed E-state index contributed by atoms with van der Waals surface area (Å²) in [6, 6.07) is 17.8. The number of carbonyl (C=O) groups is 1. The normalized spacial score (nSPS) is 11.9. The van der Waals surface area contributed by atoms with Crippen LogP contribution in [0.1, 0.15) is 33.4 Å². The molecule has 5 aromatic rings. The Labute approximate surface area is 206 Å². The molecule has 1 atom stereocenters. The van der Waals surface area contributed by atoms with Gasteiger partial charge in [-0.15, -0.1) is 0 Å². The van der Waals surface area contributed by atoms with Crippen LogP contribution in [-0.2, 0) is 11.8 Å². The Hall–Kier alpha value is -4.61. The maximum absolute atomic E-state index is 14.2. The molecule has 2 aromatic heterocycles. The van der Waals surface area contributed by atoms with Crippen LogP contribution in [0.25, 0.3) is 21.8 Å². The van der Waals surface area contributed by atoms with Crippen LogP contribution in [0.5, 0.6) is 5.75 Å². The number of para-hydroxylation sites is 1. The molecule has 36 heavy (non-hydrogen) atoms. The van der Waals surface area contributed by atoms with Gasteiger partial charge < -0.3 is 20.1 Å². The summed E-state index contributed by atoms with van der Waals surface area (Å²) in [4.78, 5) is 16.8. The molecule has 0 aliphatic carbocycles. The maximum atomic E-state index is 14.2. The zero-order chi connectivity index (χ0) is 25.2. The molecular weight excluding hydrogens is 459 g/mol. The van der Waals surface area contributed by atoms with Crippen molar-refractivity contribution in [3.05, 3.63) is 95.1 Å². The molecule has 1 unspecified atom stereocenters. The Kier molecular flexibility index (Phi) is 6.15. The first-order chi connectivity index (χ1) is 17.4. The van der Waals surface area contributed by atoms with Crippen LogP contribution in [0, 0.1) is 17.7 Å². The Morgan fingerprint density at radius 2 is 2.03 bits per heavy atom. The first-order valence-electron chi connectivity index (χ1n) is 11.3. The van der Waals surface area contributed by atoms with Gasteiger partial charge in [-0.25, -0.2) is 4.39 Å². The summed E-state index contributed by atoms with van der Waals surface area (Å²) in [5.74, 6) is 4.80. The van der Waals surface area contributed by atoms with Gasteiger partial charge in [-0.05, 0) is 53.9 Å². The van der Waals surface area contributed by atoms with Crippen LogP contribution in [0.4, 0.5) is 4.39 Å². The summed E-state index contributed by atoms with van der Waals surface area (Å²) < 4.78 is 20.8. The fourth-order valence-electron chi connectivity index (χ4n) is 4.24. The van der Waals surface area contributed by atoms with Crippen LogP contribution in [0.15, 0.2) is 66.7 Å². The third-order valence-electron chi connectivity index (χ3n) is 5.95. The van der Waals surface area contributed by atoms with Gasteiger partial charge in [0.15, 0.2) is 5.69 Å². The molecular formula is C28H23FN4O3. The third-order valence-corrected chi connectivity index (χ3v) is 5.95. The molecule has 0 saturated heterocycles. The predicted octanol–water partition coefficient (Wildman–Crippen LogP) is 4.42. The van der Waals surface area contributed by atoms with Crippen molar-refractivity contribution in [2.45, 2.75) is 6.04 Å². The average molecular weight is 483 g/mol. The van der Waals surface area contributed by atoms with E-state index in [1.165, 1.54) is 18.2 Å². The summed E-state index contributed by atoms with van der Waals surface area (Å²) in [5, 5.41) is 19.5. The van der Waals surface area contributed by atoms with E-state index in [1.54, 1.807) is 24.9 Å². The number of aromatic amines is 1. The summed E-state index contributed by atoms with van der Waals surface area (Å²) in [7, 11) is 3.33. The number of hydrogen-bond donors (Lipinski definition) is 3. The molecule has 0 radical (unpaired) electrons. The molecule has 2 heterocycles. The molecule has 3 N–H and O–H groups in total. The van der Waals surface area contributed by atoms with E-state index in [4.69, 9.17) is 4.74 Å². The number of hydrogen-bond acceptors (Lipinski definition) is 4. The number of aryl methyl sites for hydroxylation is 1. The van der Waals surface area contributed by atoms with E-state index < -0.39 is 17.8 Å². The number of H-pyrrole nitrogens is 1. The first kappa shape index (κ1) is 23.1. The smallest absolute Gasteiger partial charge is 0.273 e. The number of carbonyl (C=O) groups excluding carboxylic acids is 1. The van der Waals surface area contributed by atoms with Crippen LogP contribution >= 0.6 is 0 Å². The topological polar surface area (TPSA) is 92.2 Å². The number of ether oxygens (including phenoxy) is 1. The quantitative estimate of drug-likeness (QED) is 0.324. The van der Waals surface area contributed by atoms with Crippen molar-refractivity contribution in [3.8, 4) is 17.6 Å². The molecule has 0 spiro atoms. The van der Waals surface area contributed by atoms with Gasteiger partial charge in [0.2, 0.25) is 0 Å². The third kappa shape index (κ3) is 4.40. The lowest BCUT2D eigenvalue weighted by Gasteiger charge is -2.19. The minimum atomic E-state index is -0.850. The molecule has 3 aromatic carbocycles. The second kappa shape index (κ2) is 9.56. The van der Waals surface area contributed by atoms with Crippen molar-refractivity contribution in [1.29, 1.82) is 0 Å². The van der Waals surface area contributed by atoms with Crippen LogP contribution in [0.3, 0.4) is 0 Å². The van der Waals surface area contributed by atoms with Gasteiger partial charge in [-0.3, -0.25) is 9.48 Å². The van der Waals surface area contributed by atoms with Crippen molar-refractivity contribution >= 4 is 27.7 Å². The Morgan fingerprint density at radius 1 is 1.19 bits per heavy atom. The number of fused-ring (bicyclic) bond motifs is 2. The maximum Gasteiger partial charge on any atom is 0.273 e. The van der Waals surface area contributed by atoms with E-state index in [1.807, 2.05) is 42.5 Å². The number of phenols is 1. The first-order valence-corrected chi connectivity index (χ1v) is 11.3. The number of nitrogens with zero attached hydrogens (tertiary/aromatic N) is 2. The summed E-state index contributed by atoms with van der Waals surface area (Å²) in [5.41, 5.74) is 3.40. The predicted molar refractivity (Wildman–Crippen MR) is 135 cm³/mol. The standard InChI is InChI=1S/C28H23FN4O3/c1-33-24-14-17(6-5-13-36-2)9-11-20(24)27(32-33)28(35)31-26(21-16-19(29)10-12-25(21)34)23-15-18-7-3-4-8-22(18)30-23/h3-4,7-12,14-16,26,30,34H,13H2,1-2H3,(H,31,35). The van der Waals surface area contributed by atoms with Crippen molar-refractivity contribution in [3.63, 3.8) is 0 Å². The largest absolute Gasteiger partial charge is 0.508 e. The van der Waals surface area contributed by atoms with Gasteiger partial charge in [0, 0.05) is 41.9 Å². The number of amides is 1. The molecule has 0 aliphatic heterocycles. The minimum absolute atomic E-state index is 0.134. The van der Waals surface area contributed by atoms with Gasteiger partial charge >= 0.3 is 0 Å². The number of nitrogens with one attached hydrogen (secondary N) is 2. The van der Waals surface area contributed by atoms with Gasteiger partial charge in [-0.1, -0.05) is 30.0 Å². The molecule has 0 bridgehead atoms. The Balaban J connectivity index is 1.55. The van der Waals surface area contributed by atoms with E-state index >= 15 is 0 Å². The van der Waals surface area contributed by atoms with Gasteiger partial charge in [-0.2, -0.15) is 5.10 Å². The molecule has 1 amide bonds. The Morgan fingerprint density at radius 3 is 2.83 bits per heavy atom. The second-order valence-electron chi connectivity index (χ2n) is 8.36. The number of phenolic OH excluding ortho intramolecular Hbond substituents is 1. The minimum Gasteiger partial charge on any atom is -0.508 e. The van der Waals surface area contributed by atoms with E-state index in [0.717, 1.165) is 22.0 Å². The highest BCUT2D eigenvalue weighted by Crippen LogP contribution is 2.32. The molecule has 5 rings (SSSR count). The number of aromatic nitrogens is 3. The zero-order valence-electron chi connectivity index (χ0n) is 19.7. The van der Waals surface area contributed by atoms with Crippen molar-refractivity contribution in [2.24, 2.45) is 7.05 Å². The van der Waals surface area contributed by atoms with Crippen LogP contribution < -0.4 is 5.32 Å². The number of halogens is 1. The average Bonchev–Trinajstić information content (AvgIpc) is 3.45.